The first-order chi connectivity index (χ1) is 4.62. The van der Waals surface area contributed by atoms with Gasteiger partial charge in [-0.15, -0.1) is 0 Å². The van der Waals surface area contributed by atoms with Gasteiger partial charge < -0.3 is 5.21 Å². The largest absolute Gasteiger partial charge is 0.302 e. The Hall–Kier alpha value is -0.130. The molecule has 0 spiro atoms. The van der Waals surface area contributed by atoms with Crippen LogP contribution in [-0.4, -0.2) is 19.4 Å². The quantitative estimate of drug-likeness (QED) is 0.462. The van der Waals surface area contributed by atoms with E-state index in [1.54, 1.807) is 0 Å². The Morgan fingerprint density at radius 1 is 1.40 bits per heavy atom. The van der Waals surface area contributed by atoms with E-state index in [0.29, 0.717) is 6.42 Å². The maximum Gasteiger partial charge on any atom is 0.233 e. The number of sulfonamides is 1. The molecule has 0 aromatic rings. The van der Waals surface area contributed by atoms with Crippen LogP contribution in [0.4, 0.5) is 0 Å². The van der Waals surface area contributed by atoms with E-state index in [4.69, 9.17) is 5.21 Å². The van der Waals surface area contributed by atoms with Crippen molar-refractivity contribution in [3.63, 3.8) is 0 Å². The standard InChI is InChI=1S/C5H13NO3S/c1-2-3-4-5-10(8,9)6-7/h6-7H,2-5H2,1H3. The van der Waals surface area contributed by atoms with Gasteiger partial charge in [-0.2, -0.15) is 0 Å². The fourth-order valence-electron chi connectivity index (χ4n) is 0.588. The molecule has 0 aromatic carbocycles. The van der Waals surface area contributed by atoms with Crippen molar-refractivity contribution in [3.8, 4) is 0 Å². The maximum absolute atomic E-state index is 10.5. The molecule has 0 fully saturated rings. The van der Waals surface area contributed by atoms with E-state index in [0.717, 1.165) is 12.8 Å². The lowest BCUT2D eigenvalue weighted by atomic mass is 10.3. The number of unbranched alkanes of at least 4 members (excludes halogenated alkanes) is 2. The van der Waals surface area contributed by atoms with Crippen molar-refractivity contribution in [3.05, 3.63) is 0 Å². The zero-order valence-electron chi connectivity index (χ0n) is 6.00. The Labute approximate surface area is 61.3 Å². The van der Waals surface area contributed by atoms with Gasteiger partial charge in [-0.25, -0.2) is 8.42 Å². The van der Waals surface area contributed by atoms with E-state index >= 15 is 0 Å². The lowest BCUT2D eigenvalue weighted by molar-refractivity contribution is 0.242. The van der Waals surface area contributed by atoms with E-state index in [1.165, 1.54) is 4.89 Å². The predicted octanol–water partition coefficient (Wildman–Crippen LogP) is 0.485. The molecule has 0 unspecified atom stereocenters. The molecule has 0 saturated carbocycles. The van der Waals surface area contributed by atoms with Gasteiger partial charge in [-0.05, 0) is 6.42 Å². The highest BCUT2D eigenvalue weighted by Gasteiger charge is 2.05. The molecule has 10 heavy (non-hydrogen) atoms. The topological polar surface area (TPSA) is 66.4 Å². The van der Waals surface area contributed by atoms with Gasteiger partial charge in [0.05, 0.1) is 5.75 Å². The Bertz CT molecular complexity index is 164. The van der Waals surface area contributed by atoms with Gasteiger partial charge in [0.2, 0.25) is 10.0 Å². The second-order valence-electron chi connectivity index (χ2n) is 2.12. The van der Waals surface area contributed by atoms with Crippen LogP contribution >= 0.6 is 0 Å². The number of hydrogen-bond donors (Lipinski definition) is 2. The summed E-state index contributed by atoms with van der Waals surface area (Å²) < 4.78 is 21.0. The van der Waals surface area contributed by atoms with Gasteiger partial charge in [-0.3, -0.25) is 0 Å². The second kappa shape index (κ2) is 4.65. The maximum atomic E-state index is 10.5. The second-order valence-corrected chi connectivity index (χ2v) is 3.94. The van der Waals surface area contributed by atoms with Gasteiger partial charge in [0, 0.05) is 0 Å². The third-order valence-electron chi connectivity index (χ3n) is 1.16. The van der Waals surface area contributed by atoms with Crippen molar-refractivity contribution >= 4 is 10.0 Å². The van der Waals surface area contributed by atoms with Gasteiger partial charge in [0.15, 0.2) is 0 Å². The van der Waals surface area contributed by atoms with Crippen LogP contribution in [-0.2, 0) is 10.0 Å². The molecule has 0 heterocycles. The molecule has 2 N–H and O–H groups in total. The Morgan fingerprint density at radius 2 is 2.00 bits per heavy atom. The molecule has 0 bridgehead atoms. The minimum Gasteiger partial charge on any atom is -0.302 e. The van der Waals surface area contributed by atoms with E-state index in [-0.39, 0.29) is 5.75 Å². The zero-order valence-corrected chi connectivity index (χ0v) is 6.82. The van der Waals surface area contributed by atoms with Gasteiger partial charge in [0.25, 0.3) is 0 Å². The highest BCUT2D eigenvalue weighted by molar-refractivity contribution is 7.89. The molecule has 0 aliphatic carbocycles. The Kier molecular flexibility index (Phi) is 4.59. The number of hydrogen-bond acceptors (Lipinski definition) is 3. The lowest BCUT2D eigenvalue weighted by Gasteiger charge is -1.98. The highest BCUT2D eigenvalue weighted by atomic mass is 32.2. The third kappa shape index (κ3) is 4.72. The molecule has 0 aliphatic heterocycles. The van der Waals surface area contributed by atoms with Crippen LogP contribution in [0, 0.1) is 0 Å². The molecule has 0 saturated heterocycles. The fourth-order valence-corrected chi connectivity index (χ4v) is 1.26. The van der Waals surface area contributed by atoms with Crippen molar-refractivity contribution in [1.82, 2.24) is 4.89 Å². The first-order valence-corrected chi connectivity index (χ1v) is 4.91. The van der Waals surface area contributed by atoms with Crippen LogP contribution in [0.1, 0.15) is 26.2 Å². The molecule has 0 aromatic heterocycles. The van der Waals surface area contributed by atoms with Crippen LogP contribution < -0.4 is 4.89 Å². The van der Waals surface area contributed by atoms with E-state index < -0.39 is 10.0 Å². The summed E-state index contributed by atoms with van der Waals surface area (Å²) in [6.45, 7) is 1.99. The highest BCUT2D eigenvalue weighted by Crippen LogP contribution is 1.96. The zero-order chi connectivity index (χ0) is 8.04. The van der Waals surface area contributed by atoms with Crippen LogP contribution in [0.2, 0.25) is 0 Å². The molecular weight excluding hydrogens is 154 g/mol. The van der Waals surface area contributed by atoms with Crippen LogP contribution in [0.3, 0.4) is 0 Å². The number of nitrogens with one attached hydrogen (secondary N) is 1. The molecule has 0 rings (SSSR count). The van der Waals surface area contributed by atoms with Gasteiger partial charge >= 0.3 is 0 Å². The Morgan fingerprint density at radius 3 is 2.40 bits per heavy atom. The number of rotatable bonds is 5. The molecule has 0 radical (unpaired) electrons. The summed E-state index contributed by atoms with van der Waals surface area (Å²) >= 11 is 0. The first-order valence-electron chi connectivity index (χ1n) is 3.26. The van der Waals surface area contributed by atoms with E-state index in [1.807, 2.05) is 6.92 Å². The molecule has 0 amide bonds. The minimum atomic E-state index is -3.39. The van der Waals surface area contributed by atoms with Crippen molar-refractivity contribution in [2.75, 3.05) is 5.75 Å². The molecule has 0 atom stereocenters. The smallest absolute Gasteiger partial charge is 0.233 e. The third-order valence-corrected chi connectivity index (χ3v) is 2.26. The molecule has 62 valence electrons. The van der Waals surface area contributed by atoms with Crippen molar-refractivity contribution in [1.29, 1.82) is 0 Å². The van der Waals surface area contributed by atoms with Crippen molar-refractivity contribution in [2.24, 2.45) is 0 Å². The monoisotopic (exact) mass is 167 g/mol. The molecule has 4 nitrogen and oxygen atoms in total. The summed E-state index contributed by atoms with van der Waals surface area (Å²) in [5.41, 5.74) is 0. The molecule has 5 heteroatoms. The summed E-state index contributed by atoms with van der Waals surface area (Å²) in [4.78, 5) is 1.27. The van der Waals surface area contributed by atoms with Crippen LogP contribution in [0.5, 0.6) is 0 Å². The van der Waals surface area contributed by atoms with Gasteiger partial charge in [-0.1, -0.05) is 24.7 Å². The van der Waals surface area contributed by atoms with Crippen molar-refractivity contribution < 1.29 is 13.6 Å². The van der Waals surface area contributed by atoms with Gasteiger partial charge in [0.1, 0.15) is 0 Å². The molecular formula is C5H13NO3S. The van der Waals surface area contributed by atoms with E-state index in [9.17, 15) is 8.42 Å². The first kappa shape index (κ1) is 9.87. The summed E-state index contributed by atoms with van der Waals surface area (Å²) in [5, 5.41) is 8.06. The minimum absolute atomic E-state index is 0.0112. The molecule has 0 aliphatic rings. The summed E-state index contributed by atoms with van der Waals surface area (Å²) in [6.07, 6.45) is 2.45. The van der Waals surface area contributed by atoms with Crippen LogP contribution in [0.25, 0.3) is 0 Å². The normalized spacial score (nSPS) is 11.8. The van der Waals surface area contributed by atoms with E-state index in [2.05, 4.69) is 0 Å². The summed E-state index contributed by atoms with van der Waals surface area (Å²) in [5.74, 6) is 0.0112. The Balaban J connectivity index is 3.49. The average molecular weight is 167 g/mol. The predicted molar refractivity (Wildman–Crippen MR) is 38.2 cm³/mol. The van der Waals surface area contributed by atoms with Crippen molar-refractivity contribution in [2.45, 2.75) is 26.2 Å². The van der Waals surface area contributed by atoms with Crippen LogP contribution in [0.15, 0.2) is 0 Å². The SMILES string of the molecule is CCCCCS(=O)(=O)NO. The average Bonchev–Trinajstić information content (AvgIpc) is 1.89. The summed E-state index contributed by atoms with van der Waals surface area (Å²) in [7, 11) is -3.39. The summed E-state index contributed by atoms with van der Waals surface area (Å²) in [6, 6.07) is 0. The fraction of sp³-hybridized carbons (Fsp3) is 1.00. The lowest BCUT2D eigenvalue weighted by Crippen LogP contribution is -2.22.